The molecule has 9 nitrogen and oxygen atoms in total. The van der Waals surface area contributed by atoms with Crippen LogP contribution in [0.1, 0.15) is 184 Å². The monoisotopic (exact) mass is 1810 g/mol. The molecule has 0 radical (unpaired) electrons. The van der Waals surface area contributed by atoms with E-state index in [1.807, 2.05) is 0 Å². The van der Waals surface area contributed by atoms with Crippen molar-refractivity contribution in [3.8, 4) is 44.5 Å². The summed E-state index contributed by atoms with van der Waals surface area (Å²) in [5.41, 5.74) is 34.1. The third kappa shape index (κ3) is 21.9. The zero-order valence-corrected chi connectivity index (χ0v) is 81.5. The minimum Gasteiger partial charge on any atom is -0.381 e. The van der Waals surface area contributed by atoms with Crippen molar-refractivity contribution in [2.24, 2.45) is 10.8 Å². The fraction of sp³-hybridized carbons (Fsp3) is 0.297. The summed E-state index contributed by atoms with van der Waals surface area (Å²) in [4.78, 5) is 11.9. The quantitative estimate of drug-likeness (QED) is 0.0348. The van der Waals surface area contributed by atoms with Crippen LogP contribution in [0.15, 0.2) is 382 Å². The third-order valence-electron chi connectivity index (χ3n) is 29.0. The summed E-state index contributed by atoms with van der Waals surface area (Å²) >= 11 is 0. The number of anilines is 14. The smallest absolute Gasteiger partial charge is 0.0564 e. The minimum absolute atomic E-state index is 0.0771. The fourth-order valence-electron chi connectivity index (χ4n) is 21.5. The van der Waals surface area contributed by atoms with Crippen molar-refractivity contribution in [3.05, 3.63) is 410 Å². The largest absolute Gasteiger partial charge is 0.381 e. The Morgan fingerprint density at radius 3 is 0.745 bits per heavy atom. The Morgan fingerprint density at radius 2 is 0.467 bits per heavy atom. The predicted molar refractivity (Wildman–Crippen MR) is 577 cm³/mol. The summed E-state index contributed by atoms with van der Waals surface area (Å²) < 4.78 is 23.2. The number of fused-ring (bicyclic) bond motifs is 6. The second-order valence-electron chi connectivity index (χ2n) is 39.5. The maximum Gasteiger partial charge on any atom is 0.0564 e. The van der Waals surface area contributed by atoms with Gasteiger partial charge in [0.05, 0.1) is 39.6 Å². The van der Waals surface area contributed by atoms with Crippen LogP contribution >= 0.6 is 0 Å². The number of hydrogen-bond acceptors (Lipinski definition) is 9. The van der Waals surface area contributed by atoms with Crippen LogP contribution in [-0.2, 0) is 29.8 Å². The van der Waals surface area contributed by atoms with E-state index < -0.39 is 0 Å². The van der Waals surface area contributed by atoms with E-state index in [0.29, 0.717) is 0 Å². The average Bonchev–Trinajstić information content (AvgIpc) is 1.55. The number of unbranched alkanes of at least 4 members (excludes halogenated alkanes) is 12. The first-order valence-electron chi connectivity index (χ1n) is 50.9. The Hall–Kier alpha value is -12.9. The van der Waals surface area contributed by atoms with Crippen LogP contribution in [0.3, 0.4) is 0 Å². The molecule has 2 aliphatic heterocycles. The van der Waals surface area contributed by atoms with Gasteiger partial charge in [-0.1, -0.05) is 335 Å². The average molecular weight is 1810 g/mol. The lowest BCUT2D eigenvalue weighted by Crippen LogP contribution is -2.43. The van der Waals surface area contributed by atoms with Crippen LogP contribution in [0.25, 0.3) is 44.5 Å². The molecular weight excluding hydrogens is 1670 g/mol. The van der Waals surface area contributed by atoms with Crippen LogP contribution in [0.5, 0.6) is 0 Å². The van der Waals surface area contributed by atoms with Crippen molar-refractivity contribution in [2.75, 3.05) is 84.4 Å². The lowest BCUT2D eigenvalue weighted by atomic mass is 9.70. The highest BCUT2D eigenvalue weighted by Gasteiger charge is 2.46. The molecule has 137 heavy (non-hydrogen) atoms. The van der Waals surface area contributed by atoms with E-state index in [1.165, 1.54) is 202 Å². The molecular formula is C128H137N5O4. The minimum atomic E-state index is -0.107. The summed E-state index contributed by atoms with van der Waals surface area (Å²) in [6, 6.07) is 141. The van der Waals surface area contributed by atoms with Crippen molar-refractivity contribution in [1.82, 2.24) is 0 Å². The molecule has 0 bridgehead atoms. The van der Waals surface area contributed by atoms with Gasteiger partial charge in [-0.25, -0.2) is 0 Å². The molecule has 0 N–H and O–H groups in total. The summed E-state index contributed by atoms with van der Waals surface area (Å²) in [6.07, 6.45) is 23.8. The summed E-state index contributed by atoms with van der Waals surface area (Å²) in [6.45, 7) is 18.0. The van der Waals surface area contributed by atoms with Crippen molar-refractivity contribution in [3.63, 3.8) is 0 Å². The van der Waals surface area contributed by atoms with Gasteiger partial charge in [-0.2, -0.15) is 0 Å². The molecule has 0 atom stereocenters. The first-order valence-corrected chi connectivity index (χ1v) is 50.9. The van der Waals surface area contributed by atoms with Gasteiger partial charge in [-0.05, 0) is 282 Å². The van der Waals surface area contributed by atoms with Gasteiger partial charge in [0.1, 0.15) is 0 Å². The molecule has 15 aromatic carbocycles. The maximum atomic E-state index is 6.15. The number of para-hydroxylation sites is 7. The van der Waals surface area contributed by atoms with E-state index >= 15 is 0 Å². The van der Waals surface area contributed by atoms with E-state index in [2.05, 4.69) is 448 Å². The summed E-state index contributed by atoms with van der Waals surface area (Å²) in [5, 5.41) is 0. The molecule has 0 amide bonds. The Labute approximate surface area is 816 Å². The van der Waals surface area contributed by atoms with Crippen LogP contribution in [-0.4, -0.2) is 59.9 Å². The molecule has 0 unspecified atom stereocenters. The van der Waals surface area contributed by atoms with Gasteiger partial charge in [0.15, 0.2) is 0 Å². The van der Waals surface area contributed by atoms with Gasteiger partial charge in [-0.3, -0.25) is 0 Å². The van der Waals surface area contributed by atoms with E-state index in [1.54, 1.807) is 0 Å². The zero-order chi connectivity index (χ0) is 93.7. The standard InChI is InChI=1S/C66H74N2O4.C62H63N3/c1-51-27-37-60-61-38-36-59(44-63(61)66(62(60)43-51,39-17-4-6-19-41-69-45-64(2)47-71-48-64)40-18-5-7-20-42-70-46-65(3)49-72-50-65)68(56-25-15-10-16-26-56)58-34-30-53(31-35-58)52-28-32-57(33-29-52)67(54-21-11-8-12-22-54)55-23-13-9-14-24-55;1-4-6-8-22-44-62(45-23-9-7-5-2)60-46-56(64(52-26-16-11-17-27-52)53-28-18-12-19-29-53)40-42-58(60)59-43-41-57(47-61(59)62)65(54-30-20-13-21-31-54)55-38-34-49(35-39-55)48-32-36-51(37-33-48)63(3)50-24-14-10-15-25-50/h8-16,21-38,43-44H,4-7,17-20,39-42,45-50H2,1-3H3;10-21,24-43,46-47H,4-9,22-23,44-45H2,1-3H3. The van der Waals surface area contributed by atoms with Gasteiger partial charge in [0, 0.05) is 122 Å². The highest BCUT2D eigenvalue weighted by molar-refractivity contribution is 5.91. The van der Waals surface area contributed by atoms with Crippen LogP contribution < -0.4 is 24.5 Å². The van der Waals surface area contributed by atoms with Crippen LogP contribution in [0, 0.1) is 17.8 Å². The Balaban J connectivity index is 0.000000183. The van der Waals surface area contributed by atoms with Crippen molar-refractivity contribution >= 4 is 79.6 Å². The van der Waals surface area contributed by atoms with E-state index in [4.69, 9.17) is 18.9 Å². The highest BCUT2D eigenvalue weighted by atomic mass is 16.5. The first kappa shape index (κ1) is 94.5. The summed E-state index contributed by atoms with van der Waals surface area (Å²) in [5.74, 6) is 0. The number of nitrogens with zero attached hydrogens (tertiary/aromatic N) is 5. The van der Waals surface area contributed by atoms with Crippen molar-refractivity contribution in [1.29, 1.82) is 0 Å². The normalized spacial score (nSPS) is 14.1. The number of aryl methyl sites for hydroxylation is 1. The van der Waals surface area contributed by atoms with E-state index in [0.717, 1.165) is 131 Å². The number of rotatable bonds is 44. The molecule has 9 heteroatoms. The molecule has 2 saturated heterocycles. The van der Waals surface area contributed by atoms with Gasteiger partial charge >= 0.3 is 0 Å². The molecule has 2 fully saturated rings. The topological polar surface area (TPSA) is 53.1 Å². The van der Waals surface area contributed by atoms with Gasteiger partial charge in [0.25, 0.3) is 0 Å². The SMILES string of the molecule is CCCCCCC1(CCCCCC)c2cc(N(c3ccccc3)c3ccccc3)ccc2-c2ccc(N(c3ccccc3)c3ccc(-c4ccc(N(C)c5ccccc5)cc4)cc3)cc21.Cc1ccc2c(c1)C(CCCCCCOCC1(C)COC1)(CCCCCCOCC1(C)COC1)c1cc(N(c3ccccc3)c3ccc(-c4ccc(N(c5ccccc5)c5ccccc5)cc4)cc3)ccc1-2. The van der Waals surface area contributed by atoms with E-state index in [-0.39, 0.29) is 21.7 Å². The lowest BCUT2D eigenvalue weighted by molar-refractivity contribution is -0.137. The number of benzene rings is 15. The molecule has 0 spiro atoms. The number of ether oxygens (including phenoxy) is 4. The second kappa shape index (κ2) is 45.0. The van der Waals surface area contributed by atoms with Gasteiger partial charge in [-0.15, -0.1) is 0 Å². The van der Waals surface area contributed by atoms with E-state index in [9.17, 15) is 0 Å². The Bertz CT molecular complexity index is 6190. The third-order valence-corrected chi connectivity index (χ3v) is 29.0. The molecule has 698 valence electrons. The number of hydrogen-bond donors (Lipinski definition) is 0. The van der Waals surface area contributed by atoms with Gasteiger partial charge < -0.3 is 43.4 Å². The summed E-state index contributed by atoms with van der Waals surface area (Å²) in [7, 11) is 2.13. The lowest BCUT2D eigenvalue weighted by Gasteiger charge is -2.37. The van der Waals surface area contributed by atoms with Crippen LogP contribution in [0.2, 0.25) is 0 Å². The predicted octanol–water partition coefficient (Wildman–Crippen LogP) is 35.1. The molecule has 0 aromatic heterocycles. The fourth-order valence-corrected chi connectivity index (χ4v) is 21.5. The molecule has 4 aliphatic rings. The molecule has 2 heterocycles. The molecule has 0 saturated carbocycles. The molecule has 19 rings (SSSR count). The van der Waals surface area contributed by atoms with Gasteiger partial charge in [0.2, 0.25) is 0 Å². The first-order chi connectivity index (χ1) is 67.4. The van der Waals surface area contributed by atoms with Crippen molar-refractivity contribution < 1.29 is 18.9 Å². The molecule has 2 aliphatic carbocycles. The maximum absolute atomic E-state index is 6.15. The Kier molecular flexibility index (Phi) is 31.0. The van der Waals surface area contributed by atoms with Crippen molar-refractivity contribution in [2.45, 2.75) is 174 Å². The second-order valence-corrected chi connectivity index (χ2v) is 39.5. The molecule has 15 aromatic rings. The Morgan fingerprint density at radius 1 is 0.241 bits per heavy atom. The highest BCUT2D eigenvalue weighted by Crippen LogP contribution is 2.59. The zero-order valence-electron chi connectivity index (χ0n) is 81.5. The van der Waals surface area contributed by atoms with Crippen LogP contribution in [0.4, 0.5) is 79.6 Å².